The number of rotatable bonds is 11. The van der Waals surface area contributed by atoms with Crippen molar-refractivity contribution >= 4 is 16.0 Å². The molecule has 0 bridgehead atoms. The van der Waals surface area contributed by atoms with E-state index in [2.05, 4.69) is 77.2 Å². The Morgan fingerprint density at radius 3 is 1.63 bits per heavy atom. The number of halogens is 1. The maximum atomic E-state index is 11.5. The fourth-order valence-corrected chi connectivity index (χ4v) is 4.48. The Morgan fingerprint density at radius 2 is 1.34 bits per heavy atom. The van der Waals surface area contributed by atoms with Gasteiger partial charge in [0.25, 0.3) is 10.1 Å². The second-order valence-electron chi connectivity index (χ2n) is 9.74. The fraction of sp³-hybridized carbons (Fsp3) is 0.741. The van der Waals surface area contributed by atoms with Gasteiger partial charge in [0.2, 0.25) is 5.91 Å². The monoisotopic (exact) mass is 536 g/mol. The summed E-state index contributed by atoms with van der Waals surface area (Å²) in [6, 6.07) is 10.6. The van der Waals surface area contributed by atoms with Gasteiger partial charge in [0.05, 0.1) is 37.5 Å². The molecule has 6 nitrogen and oxygen atoms in total. The number of nitrogens with one attached hydrogen (secondary N) is 1. The van der Waals surface area contributed by atoms with Crippen molar-refractivity contribution in [2.24, 2.45) is 5.92 Å². The van der Waals surface area contributed by atoms with Gasteiger partial charge in [0, 0.05) is 5.92 Å². The summed E-state index contributed by atoms with van der Waals surface area (Å²) < 4.78 is 31.3. The van der Waals surface area contributed by atoms with E-state index >= 15 is 0 Å². The summed E-state index contributed by atoms with van der Waals surface area (Å²) in [6.07, 6.45) is 1.91. The van der Waals surface area contributed by atoms with Crippen LogP contribution in [0.1, 0.15) is 93.6 Å². The van der Waals surface area contributed by atoms with Crippen LogP contribution in [0.3, 0.4) is 0 Å². The Hall–Kier alpha value is -1.15. The molecule has 2 unspecified atom stereocenters. The minimum atomic E-state index is -4.07. The van der Waals surface area contributed by atoms with Gasteiger partial charge >= 0.3 is 0 Å². The highest BCUT2D eigenvalue weighted by Gasteiger charge is 2.27. The molecule has 1 aromatic carbocycles. The van der Waals surface area contributed by atoms with E-state index < -0.39 is 21.4 Å². The first-order chi connectivity index (χ1) is 15.7. The zero-order valence-corrected chi connectivity index (χ0v) is 25.5. The average molecular weight is 537 g/mol. The zero-order valence-electron chi connectivity index (χ0n) is 23.9. The van der Waals surface area contributed by atoms with Crippen molar-refractivity contribution in [1.82, 2.24) is 5.32 Å². The van der Waals surface area contributed by atoms with Gasteiger partial charge in [-0.25, -0.2) is 0 Å². The predicted molar refractivity (Wildman–Crippen MR) is 146 cm³/mol. The lowest BCUT2D eigenvalue weighted by molar-refractivity contribution is -0.921. The van der Waals surface area contributed by atoms with Gasteiger partial charge in [-0.05, 0) is 65.9 Å². The van der Waals surface area contributed by atoms with Gasteiger partial charge in [-0.1, -0.05) is 58.0 Å². The second-order valence-corrected chi connectivity index (χ2v) is 11.2. The second kappa shape index (κ2) is 19.0. The fourth-order valence-electron chi connectivity index (χ4n) is 3.49. The maximum absolute atomic E-state index is 11.5. The molecule has 0 fully saturated rings. The lowest BCUT2D eigenvalue weighted by atomic mass is 9.99. The Morgan fingerprint density at radius 1 is 0.914 bits per heavy atom. The Labute approximate surface area is 223 Å². The van der Waals surface area contributed by atoms with Gasteiger partial charge in [-0.3, -0.25) is 9.35 Å². The number of carbonyl (C=O) groups excluding carboxylic acids is 1. The first kappa shape index (κ1) is 38.4. The summed E-state index contributed by atoms with van der Waals surface area (Å²) in [5, 5.41) is 2.59. The van der Waals surface area contributed by atoms with Gasteiger partial charge in [0.1, 0.15) is 0 Å². The van der Waals surface area contributed by atoms with Gasteiger partial charge in [-0.15, -0.1) is 0 Å². The quantitative estimate of drug-likeness (QED) is 0.336. The molecular weight excluding hydrogens is 484 g/mol. The van der Waals surface area contributed by atoms with Crippen molar-refractivity contribution in [2.45, 2.75) is 93.5 Å². The van der Waals surface area contributed by atoms with E-state index in [0.29, 0.717) is 12.3 Å². The summed E-state index contributed by atoms with van der Waals surface area (Å²) in [7, 11) is -4.07. The van der Waals surface area contributed by atoms with E-state index in [1.54, 1.807) is 20.8 Å². The van der Waals surface area contributed by atoms with Crippen LogP contribution in [0.25, 0.3) is 0 Å². The molecule has 35 heavy (non-hydrogen) atoms. The third-order valence-electron chi connectivity index (χ3n) is 6.73. The number of amides is 1. The molecule has 1 rings (SSSR count). The molecule has 0 aromatic heterocycles. The Balaban J connectivity index is -0.000000450. The van der Waals surface area contributed by atoms with Crippen LogP contribution in [0, 0.1) is 5.92 Å². The molecule has 0 radical (unpaired) electrons. The number of hydrogen-bond donors (Lipinski definition) is 2. The highest BCUT2D eigenvalue weighted by Crippen LogP contribution is 2.16. The third kappa shape index (κ3) is 17.9. The molecule has 0 saturated carbocycles. The van der Waals surface area contributed by atoms with Gasteiger partial charge in [-0.2, -0.15) is 8.42 Å². The zero-order chi connectivity index (χ0) is 27.0. The molecule has 1 aromatic rings. The van der Waals surface area contributed by atoms with Crippen molar-refractivity contribution in [3.63, 3.8) is 0 Å². The van der Waals surface area contributed by atoms with E-state index in [4.69, 9.17) is 4.55 Å². The van der Waals surface area contributed by atoms with E-state index in [1.807, 2.05) is 6.92 Å². The third-order valence-corrected chi connectivity index (χ3v) is 7.82. The van der Waals surface area contributed by atoms with Crippen molar-refractivity contribution in [1.29, 1.82) is 0 Å². The Bertz CT molecular complexity index is 749. The molecule has 0 aliphatic carbocycles. The van der Waals surface area contributed by atoms with Crippen LogP contribution >= 0.6 is 0 Å². The standard InChI is InChI=1S/C10H14.C9H19NO4S.C8H20N.ClH/c1-3-9(2)10-7-5-4-6-8-10;1-5-7(2)8(11)10-9(3,4)6-15(12,13)14;1-5-9(6-2,7-3)8-4;/h4-9H,3H2,1-2H3;7H,5-6H2,1-4H3,(H,10,11)(H,12,13,14);5-8H2,1-4H3;1H/q;;+1;/p-1. The van der Waals surface area contributed by atoms with Crippen LogP contribution in [0.4, 0.5) is 0 Å². The first-order valence-corrected chi connectivity index (χ1v) is 14.4. The van der Waals surface area contributed by atoms with Crippen LogP contribution in [-0.2, 0) is 14.9 Å². The first-order valence-electron chi connectivity index (χ1n) is 12.8. The molecule has 0 heterocycles. The number of nitrogens with zero attached hydrogens (tertiary/aromatic N) is 1. The van der Waals surface area contributed by atoms with Gasteiger partial charge < -0.3 is 22.2 Å². The summed E-state index contributed by atoms with van der Waals surface area (Å²) in [5.74, 6) is -0.139. The van der Waals surface area contributed by atoms with Crippen LogP contribution in [0.15, 0.2) is 30.3 Å². The predicted octanol–water partition coefficient (Wildman–Crippen LogP) is 2.90. The van der Waals surface area contributed by atoms with Crippen molar-refractivity contribution in [3.05, 3.63) is 35.9 Å². The lowest BCUT2D eigenvalue weighted by Gasteiger charge is -2.34. The topological polar surface area (TPSA) is 83.5 Å². The maximum Gasteiger partial charge on any atom is 0.267 e. The number of hydrogen-bond acceptors (Lipinski definition) is 3. The van der Waals surface area contributed by atoms with Crippen molar-refractivity contribution < 1.29 is 34.7 Å². The van der Waals surface area contributed by atoms with Crippen LogP contribution < -0.4 is 17.7 Å². The molecular formula is C27H53ClN2O4S. The summed E-state index contributed by atoms with van der Waals surface area (Å²) in [5.41, 5.74) is 0.499. The molecule has 0 saturated heterocycles. The smallest absolute Gasteiger partial charge is 0.267 e. The average Bonchev–Trinajstić information content (AvgIpc) is 2.79. The van der Waals surface area contributed by atoms with E-state index in [9.17, 15) is 13.2 Å². The number of quaternary nitrogens is 1. The minimum Gasteiger partial charge on any atom is -1.00 e. The molecule has 0 aliphatic heterocycles. The van der Waals surface area contributed by atoms with Crippen LogP contribution in [-0.4, -0.2) is 60.8 Å². The van der Waals surface area contributed by atoms with Crippen LogP contribution in [0.5, 0.6) is 0 Å². The highest BCUT2D eigenvalue weighted by molar-refractivity contribution is 7.85. The van der Waals surface area contributed by atoms with Crippen molar-refractivity contribution in [2.75, 3.05) is 31.9 Å². The molecule has 2 N–H and O–H groups in total. The molecule has 1 amide bonds. The number of benzene rings is 1. The normalized spacial score (nSPS) is 13.1. The Kier molecular flexibility index (Phi) is 20.9. The SMILES string of the molecule is CCC(C)C(=O)NC(C)(C)CS(=O)(=O)O.CCC(C)c1ccccc1.CC[N+](CC)(CC)CC.[Cl-]. The van der Waals surface area contributed by atoms with Gasteiger partial charge in [0.15, 0.2) is 0 Å². The summed E-state index contributed by atoms with van der Waals surface area (Å²) in [6.45, 7) is 25.5. The van der Waals surface area contributed by atoms with E-state index in [1.165, 1.54) is 42.6 Å². The molecule has 2 atom stereocenters. The van der Waals surface area contributed by atoms with Crippen LogP contribution in [0.2, 0.25) is 0 Å². The molecule has 0 spiro atoms. The van der Waals surface area contributed by atoms with Crippen molar-refractivity contribution in [3.8, 4) is 0 Å². The summed E-state index contributed by atoms with van der Waals surface area (Å²) >= 11 is 0. The number of carbonyl (C=O) groups is 1. The van der Waals surface area contributed by atoms with E-state index in [-0.39, 0.29) is 24.2 Å². The largest absolute Gasteiger partial charge is 1.00 e. The molecule has 208 valence electrons. The summed E-state index contributed by atoms with van der Waals surface area (Å²) in [4.78, 5) is 11.5. The highest BCUT2D eigenvalue weighted by atomic mass is 35.5. The lowest BCUT2D eigenvalue weighted by Crippen LogP contribution is -3.00. The minimum absolute atomic E-state index is 0. The molecule has 8 heteroatoms. The molecule has 0 aliphatic rings. The van der Waals surface area contributed by atoms with E-state index in [0.717, 1.165) is 0 Å².